The van der Waals surface area contributed by atoms with Crippen LogP contribution in [0.5, 0.6) is 5.75 Å². The summed E-state index contributed by atoms with van der Waals surface area (Å²) in [5.74, 6) is 0.763. The van der Waals surface area contributed by atoms with Gasteiger partial charge in [-0.3, -0.25) is 0 Å². The van der Waals surface area contributed by atoms with E-state index in [2.05, 4.69) is 19.2 Å². The number of nitrogens with one attached hydrogen (secondary N) is 1. The Morgan fingerprint density at radius 1 is 1.47 bits per heavy atom. The van der Waals surface area contributed by atoms with Crippen LogP contribution in [0.2, 0.25) is 5.02 Å². The molecule has 3 nitrogen and oxygen atoms in total. The average molecular weight is 257 g/mol. The van der Waals surface area contributed by atoms with Crippen LogP contribution in [0.25, 0.3) is 0 Å². The normalized spacial score (nSPS) is 13.5. The van der Waals surface area contributed by atoms with Gasteiger partial charge in [0, 0.05) is 11.1 Å². The zero-order valence-corrected chi connectivity index (χ0v) is 11.6. The largest absolute Gasteiger partial charge is 0.497 e. The zero-order chi connectivity index (χ0) is 13.1. The molecule has 0 bridgehead atoms. The Bertz CT molecular complexity index is 380. The third-order valence-corrected chi connectivity index (χ3v) is 3.44. The monoisotopic (exact) mass is 256 g/mol. The summed E-state index contributed by atoms with van der Waals surface area (Å²) in [6.45, 7) is 4.82. The van der Waals surface area contributed by atoms with Gasteiger partial charge in [0.15, 0.2) is 0 Å². The number of methoxy groups -OCH3 is 1. The fourth-order valence-electron chi connectivity index (χ4n) is 1.95. The molecule has 1 rings (SSSR count). The summed E-state index contributed by atoms with van der Waals surface area (Å²) in [4.78, 5) is 0. The van der Waals surface area contributed by atoms with Crippen LogP contribution in [0.3, 0.4) is 0 Å². The van der Waals surface area contributed by atoms with Crippen LogP contribution in [0, 0.1) is 5.41 Å². The van der Waals surface area contributed by atoms with Gasteiger partial charge in [-0.25, -0.2) is 0 Å². The first-order valence-corrected chi connectivity index (χ1v) is 6.05. The van der Waals surface area contributed by atoms with Crippen molar-refractivity contribution in [2.45, 2.75) is 19.9 Å². The minimum absolute atomic E-state index is 0.0625. The Morgan fingerprint density at radius 3 is 2.53 bits per heavy atom. The highest BCUT2D eigenvalue weighted by atomic mass is 35.5. The molecule has 96 valence electrons. The predicted molar refractivity (Wildman–Crippen MR) is 72.6 cm³/mol. The number of ether oxygens (including phenoxy) is 1. The van der Waals surface area contributed by atoms with Gasteiger partial charge in [-0.1, -0.05) is 31.5 Å². The van der Waals surface area contributed by atoms with Crippen molar-refractivity contribution in [2.75, 3.05) is 20.7 Å². The third-order valence-electron chi connectivity index (χ3n) is 3.11. The van der Waals surface area contributed by atoms with E-state index in [9.17, 15) is 0 Å². The van der Waals surface area contributed by atoms with E-state index in [1.807, 2.05) is 25.2 Å². The highest BCUT2D eigenvalue weighted by Gasteiger charge is 2.29. The van der Waals surface area contributed by atoms with Crippen molar-refractivity contribution >= 4 is 11.6 Å². The molecule has 4 heteroatoms. The lowest BCUT2D eigenvalue weighted by Gasteiger charge is -2.34. The molecular weight excluding hydrogens is 236 g/mol. The van der Waals surface area contributed by atoms with Crippen molar-refractivity contribution < 1.29 is 4.74 Å². The molecule has 0 fully saturated rings. The SMILES string of the molecule is CNC(c1ccc(OC)cc1Cl)C(C)(C)CN. The number of rotatable bonds is 5. The van der Waals surface area contributed by atoms with Crippen LogP contribution in [0.1, 0.15) is 25.5 Å². The van der Waals surface area contributed by atoms with E-state index in [1.165, 1.54) is 0 Å². The van der Waals surface area contributed by atoms with Crippen molar-refractivity contribution in [2.24, 2.45) is 11.1 Å². The smallest absolute Gasteiger partial charge is 0.120 e. The maximum atomic E-state index is 6.28. The summed E-state index contributed by atoms with van der Waals surface area (Å²) >= 11 is 6.28. The number of nitrogens with two attached hydrogens (primary N) is 1. The standard InChI is InChI=1S/C13H21ClN2O/c1-13(2,8-15)12(16-3)10-6-5-9(17-4)7-11(10)14/h5-7,12,16H,8,15H2,1-4H3. The van der Waals surface area contributed by atoms with Crippen LogP contribution < -0.4 is 15.8 Å². The molecule has 0 aliphatic carbocycles. The molecule has 0 aliphatic rings. The lowest BCUT2D eigenvalue weighted by atomic mass is 9.80. The summed E-state index contributed by atoms with van der Waals surface area (Å²) < 4.78 is 5.15. The Hall–Kier alpha value is -0.770. The second kappa shape index (κ2) is 5.71. The van der Waals surface area contributed by atoms with Gasteiger partial charge in [0.25, 0.3) is 0 Å². The maximum Gasteiger partial charge on any atom is 0.120 e. The van der Waals surface area contributed by atoms with Gasteiger partial charge < -0.3 is 15.8 Å². The molecule has 0 saturated carbocycles. The molecule has 1 aromatic carbocycles. The van der Waals surface area contributed by atoms with Crippen LogP contribution in [0.15, 0.2) is 18.2 Å². The molecule has 0 spiro atoms. The van der Waals surface area contributed by atoms with Gasteiger partial charge in [0.1, 0.15) is 5.75 Å². The molecule has 17 heavy (non-hydrogen) atoms. The van der Waals surface area contributed by atoms with Crippen LogP contribution in [0.4, 0.5) is 0 Å². The Kier molecular flexibility index (Phi) is 4.80. The van der Waals surface area contributed by atoms with Crippen molar-refractivity contribution in [3.05, 3.63) is 28.8 Å². The number of hydrogen-bond acceptors (Lipinski definition) is 3. The Labute approximate surface area is 108 Å². The van der Waals surface area contributed by atoms with E-state index in [-0.39, 0.29) is 11.5 Å². The van der Waals surface area contributed by atoms with E-state index >= 15 is 0 Å². The zero-order valence-electron chi connectivity index (χ0n) is 10.9. The first kappa shape index (κ1) is 14.3. The fourth-order valence-corrected chi connectivity index (χ4v) is 2.23. The summed E-state index contributed by atoms with van der Waals surface area (Å²) in [5.41, 5.74) is 6.80. The predicted octanol–water partition coefficient (Wildman–Crippen LogP) is 2.59. The van der Waals surface area contributed by atoms with Crippen LogP contribution >= 0.6 is 11.6 Å². The third kappa shape index (κ3) is 3.12. The minimum atomic E-state index is -0.0625. The first-order valence-electron chi connectivity index (χ1n) is 5.67. The summed E-state index contributed by atoms with van der Waals surface area (Å²) in [6, 6.07) is 5.84. The van der Waals surface area contributed by atoms with E-state index in [0.717, 1.165) is 11.3 Å². The molecule has 1 atom stereocenters. The van der Waals surface area contributed by atoms with Gasteiger partial charge >= 0.3 is 0 Å². The lowest BCUT2D eigenvalue weighted by molar-refractivity contribution is 0.265. The molecule has 0 aromatic heterocycles. The van der Waals surface area contributed by atoms with E-state index in [1.54, 1.807) is 7.11 Å². The molecule has 1 aromatic rings. The minimum Gasteiger partial charge on any atom is -0.497 e. The molecular formula is C13H21ClN2O. The van der Waals surface area contributed by atoms with Gasteiger partial charge in [0.2, 0.25) is 0 Å². The fraction of sp³-hybridized carbons (Fsp3) is 0.538. The van der Waals surface area contributed by atoms with Gasteiger partial charge in [0.05, 0.1) is 7.11 Å². The molecule has 1 unspecified atom stereocenters. The Balaban J connectivity index is 3.13. The van der Waals surface area contributed by atoms with E-state index in [0.29, 0.717) is 11.6 Å². The van der Waals surface area contributed by atoms with Gasteiger partial charge in [-0.15, -0.1) is 0 Å². The van der Waals surface area contributed by atoms with Gasteiger partial charge in [-0.2, -0.15) is 0 Å². The molecule has 0 aliphatic heterocycles. The molecule has 3 N–H and O–H groups in total. The summed E-state index contributed by atoms with van der Waals surface area (Å²) in [5, 5.41) is 3.98. The maximum absolute atomic E-state index is 6.28. The van der Waals surface area contributed by atoms with E-state index < -0.39 is 0 Å². The molecule has 0 radical (unpaired) electrons. The summed E-state index contributed by atoms with van der Waals surface area (Å²) in [6.07, 6.45) is 0. The van der Waals surface area contributed by atoms with Crippen LogP contribution in [-0.4, -0.2) is 20.7 Å². The first-order chi connectivity index (χ1) is 7.96. The quantitative estimate of drug-likeness (QED) is 0.851. The average Bonchev–Trinajstić information content (AvgIpc) is 2.31. The van der Waals surface area contributed by atoms with Crippen molar-refractivity contribution in [1.29, 1.82) is 0 Å². The molecule has 0 amide bonds. The van der Waals surface area contributed by atoms with Gasteiger partial charge in [-0.05, 0) is 36.7 Å². The second-order valence-corrected chi connectivity index (χ2v) is 5.21. The summed E-state index contributed by atoms with van der Waals surface area (Å²) in [7, 11) is 3.55. The van der Waals surface area contributed by atoms with Crippen molar-refractivity contribution in [1.82, 2.24) is 5.32 Å². The topological polar surface area (TPSA) is 47.3 Å². The van der Waals surface area contributed by atoms with Crippen LogP contribution in [-0.2, 0) is 0 Å². The molecule has 0 heterocycles. The second-order valence-electron chi connectivity index (χ2n) is 4.80. The molecule has 0 saturated heterocycles. The van der Waals surface area contributed by atoms with Crippen molar-refractivity contribution in [3.8, 4) is 5.75 Å². The number of halogens is 1. The number of hydrogen-bond donors (Lipinski definition) is 2. The Morgan fingerprint density at radius 2 is 2.12 bits per heavy atom. The highest BCUT2D eigenvalue weighted by Crippen LogP contribution is 2.37. The highest BCUT2D eigenvalue weighted by molar-refractivity contribution is 6.31. The van der Waals surface area contributed by atoms with E-state index in [4.69, 9.17) is 22.1 Å². The lowest BCUT2D eigenvalue weighted by Crippen LogP contribution is -2.37. The van der Waals surface area contributed by atoms with Crippen molar-refractivity contribution in [3.63, 3.8) is 0 Å². The number of benzene rings is 1.